The van der Waals surface area contributed by atoms with E-state index in [0.29, 0.717) is 15.2 Å². The molecular weight excluding hydrogens is 359 g/mol. The van der Waals surface area contributed by atoms with Crippen LogP contribution in [0.2, 0.25) is 5.02 Å². The summed E-state index contributed by atoms with van der Waals surface area (Å²) in [5.41, 5.74) is 1.82. The first-order chi connectivity index (χ1) is 9.95. The number of benzene rings is 2. The van der Waals surface area contributed by atoms with Crippen molar-refractivity contribution in [1.29, 1.82) is 0 Å². The van der Waals surface area contributed by atoms with Crippen LogP contribution in [-0.2, 0) is 4.79 Å². The Morgan fingerprint density at radius 2 is 2.00 bits per heavy atom. The van der Waals surface area contributed by atoms with E-state index < -0.39 is 5.82 Å². The molecule has 0 spiro atoms. The smallest absolute Gasteiger partial charge is 0.243 e. The van der Waals surface area contributed by atoms with Gasteiger partial charge in [-0.15, -0.1) is 0 Å². The molecule has 0 unspecified atom stereocenters. The average Bonchev–Trinajstić information content (AvgIpc) is 2.42. The Morgan fingerprint density at radius 3 is 2.71 bits per heavy atom. The van der Waals surface area contributed by atoms with E-state index in [1.807, 2.05) is 13.0 Å². The standard InChI is InChI=1S/C15H13BrClFN2O/c1-9-2-4-11(17)7-14(9)20-15(21)8-19-13-5-3-10(16)6-12(13)18/h2-7,19H,8H2,1H3,(H,20,21). The quantitative estimate of drug-likeness (QED) is 0.824. The average molecular weight is 372 g/mol. The third-order valence-corrected chi connectivity index (χ3v) is 3.57. The molecule has 0 heterocycles. The molecule has 2 N–H and O–H groups in total. The Balaban J connectivity index is 1.97. The van der Waals surface area contributed by atoms with E-state index in [1.54, 1.807) is 24.3 Å². The molecular formula is C15H13BrClFN2O. The topological polar surface area (TPSA) is 41.1 Å². The predicted octanol–water partition coefficient (Wildman–Crippen LogP) is 4.60. The monoisotopic (exact) mass is 370 g/mol. The zero-order valence-corrected chi connectivity index (χ0v) is 13.6. The van der Waals surface area contributed by atoms with Crippen molar-refractivity contribution in [3.8, 4) is 0 Å². The van der Waals surface area contributed by atoms with Crippen molar-refractivity contribution in [3.63, 3.8) is 0 Å². The minimum Gasteiger partial charge on any atom is -0.374 e. The summed E-state index contributed by atoms with van der Waals surface area (Å²) in [7, 11) is 0. The molecule has 1 amide bonds. The molecule has 0 saturated carbocycles. The molecule has 3 nitrogen and oxygen atoms in total. The molecule has 0 fully saturated rings. The number of anilines is 2. The van der Waals surface area contributed by atoms with Gasteiger partial charge in [0, 0.05) is 15.2 Å². The van der Waals surface area contributed by atoms with Crippen LogP contribution in [0.15, 0.2) is 40.9 Å². The van der Waals surface area contributed by atoms with Crippen LogP contribution < -0.4 is 10.6 Å². The van der Waals surface area contributed by atoms with Crippen molar-refractivity contribution in [1.82, 2.24) is 0 Å². The van der Waals surface area contributed by atoms with Gasteiger partial charge in [0.05, 0.1) is 12.2 Å². The van der Waals surface area contributed by atoms with Gasteiger partial charge >= 0.3 is 0 Å². The van der Waals surface area contributed by atoms with Crippen molar-refractivity contribution in [2.45, 2.75) is 6.92 Å². The summed E-state index contributed by atoms with van der Waals surface area (Å²) < 4.78 is 14.2. The van der Waals surface area contributed by atoms with Gasteiger partial charge in [0.15, 0.2) is 0 Å². The van der Waals surface area contributed by atoms with E-state index in [0.717, 1.165) is 5.56 Å². The maximum absolute atomic E-state index is 13.6. The third-order valence-electron chi connectivity index (χ3n) is 2.84. The Morgan fingerprint density at radius 1 is 1.24 bits per heavy atom. The van der Waals surface area contributed by atoms with Crippen LogP contribution >= 0.6 is 27.5 Å². The minimum atomic E-state index is -0.420. The second-order valence-electron chi connectivity index (χ2n) is 4.49. The SMILES string of the molecule is Cc1ccc(Cl)cc1NC(=O)CNc1ccc(Br)cc1F. The van der Waals surface area contributed by atoms with Crippen LogP contribution in [0.3, 0.4) is 0 Å². The lowest BCUT2D eigenvalue weighted by Crippen LogP contribution is -2.22. The largest absolute Gasteiger partial charge is 0.374 e. The molecule has 2 aromatic rings. The fourth-order valence-corrected chi connectivity index (χ4v) is 2.24. The van der Waals surface area contributed by atoms with Gasteiger partial charge in [-0.25, -0.2) is 4.39 Å². The maximum Gasteiger partial charge on any atom is 0.243 e. The lowest BCUT2D eigenvalue weighted by molar-refractivity contribution is -0.114. The van der Waals surface area contributed by atoms with Gasteiger partial charge in [0.1, 0.15) is 5.82 Å². The fourth-order valence-electron chi connectivity index (χ4n) is 1.73. The van der Waals surface area contributed by atoms with E-state index in [9.17, 15) is 9.18 Å². The van der Waals surface area contributed by atoms with Gasteiger partial charge in [-0.1, -0.05) is 33.6 Å². The number of carbonyl (C=O) groups is 1. The van der Waals surface area contributed by atoms with Gasteiger partial charge in [0.25, 0.3) is 0 Å². The van der Waals surface area contributed by atoms with Gasteiger partial charge in [-0.2, -0.15) is 0 Å². The minimum absolute atomic E-state index is 0.0372. The van der Waals surface area contributed by atoms with Crippen molar-refractivity contribution in [2.75, 3.05) is 17.2 Å². The molecule has 2 aromatic carbocycles. The highest BCUT2D eigenvalue weighted by atomic mass is 79.9. The summed E-state index contributed by atoms with van der Waals surface area (Å²) in [5.74, 6) is -0.696. The molecule has 0 saturated heterocycles. The Hall–Kier alpha value is -1.59. The molecule has 0 aliphatic heterocycles. The summed E-state index contributed by atoms with van der Waals surface area (Å²) >= 11 is 9.06. The molecule has 110 valence electrons. The molecule has 6 heteroatoms. The molecule has 0 aliphatic carbocycles. The lowest BCUT2D eigenvalue weighted by atomic mass is 10.2. The van der Waals surface area contributed by atoms with Crippen LogP contribution in [-0.4, -0.2) is 12.5 Å². The van der Waals surface area contributed by atoms with E-state index in [1.165, 1.54) is 6.07 Å². The van der Waals surface area contributed by atoms with Gasteiger partial charge in [-0.05, 0) is 42.8 Å². The first kappa shape index (κ1) is 15.8. The number of aryl methyl sites for hydroxylation is 1. The molecule has 21 heavy (non-hydrogen) atoms. The van der Waals surface area contributed by atoms with Crippen LogP contribution in [0.1, 0.15) is 5.56 Å². The number of carbonyl (C=O) groups excluding carboxylic acids is 1. The lowest BCUT2D eigenvalue weighted by Gasteiger charge is -2.11. The van der Waals surface area contributed by atoms with Crippen LogP contribution in [0, 0.1) is 12.7 Å². The maximum atomic E-state index is 13.6. The fraction of sp³-hybridized carbons (Fsp3) is 0.133. The zero-order valence-electron chi connectivity index (χ0n) is 11.2. The second-order valence-corrected chi connectivity index (χ2v) is 5.84. The van der Waals surface area contributed by atoms with Crippen LogP contribution in [0.5, 0.6) is 0 Å². The van der Waals surface area contributed by atoms with Crippen molar-refractivity contribution in [2.24, 2.45) is 0 Å². The third kappa shape index (κ3) is 4.44. The summed E-state index contributed by atoms with van der Waals surface area (Å²) in [6.45, 7) is 1.83. The van der Waals surface area contributed by atoms with E-state index in [4.69, 9.17) is 11.6 Å². The van der Waals surface area contributed by atoms with Crippen LogP contribution in [0.25, 0.3) is 0 Å². The first-order valence-corrected chi connectivity index (χ1v) is 7.38. The summed E-state index contributed by atoms with van der Waals surface area (Å²) in [5, 5.41) is 6.03. The van der Waals surface area contributed by atoms with E-state index >= 15 is 0 Å². The predicted molar refractivity (Wildman–Crippen MR) is 87.4 cm³/mol. The number of hydrogen-bond donors (Lipinski definition) is 2. The summed E-state index contributed by atoms with van der Waals surface area (Å²) in [4.78, 5) is 11.9. The molecule has 0 aromatic heterocycles. The highest BCUT2D eigenvalue weighted by Gasteiger charge is 2.07. The molecule has 0 bridgehead atoms. The van der Waals surface area contributed by atoms with Gasteiger partial charge < -0.3 is 10.6 Å². The van der Waals surface area contributed by atoms with Gasteiger partial charge in [-0.3, -0.25) is 4.79 Å². The Bertz CT molecular complexity index is 679. The number of hydrogen-bond acceptors (Lipinski definition) is 2. The zero-order chi connectivity index (χ0) is 15.4. The highest BCUT2D eigenvalue weighted by Crippen LogP contribution is 2.21. The van der Waals surface area contributed by atoms with E-state index in [-0.39, 0.29) is 18.1 Å². The van der Waals surface area contributed by atoms with E-state index in [2.05, 4.69) is 26.6 Å². The summed E-state index contributed by atoms with van der Waals surface area (Å²) in [6.07, 6.45) is 0. The highest BCUT2D eigenvalue weighted by molar-refractivity contribution is 9.10. The number of nitrogens with one attached hydrogen (secondary N) is 2. The number of rotatable bonds is 4. The van der Waals surface area contributed by atoms with Crippen molar-refractivity contribution < 1.29 is 9.18 Å². The number of amides is 1. The van der Waals surface area contributed by atoms with Crippen molar-refractivity contribution in [3.05, 3.63) is 57.3 Å². The second kappa shape index (κ2) is 6.91. The molecule has 0 radical (unpaired) electrons. The van der Waals surface area contributed by atoms with Crippen molar-refractivity contribution >= 4 is 44.8 Å². The normalized spacial score (nSPS) is 10.3. The van der Waals surface area contributed by atoms with Crippen LogP contribution in [0.4, 0.5) is 15.8 Å². The molecule has 0 aliphatic rings. The first-order valence-electron chi connectivity index (χ1n) is 6.20. The summed E-state index contributed by atoms with van der Waals surface area (Å²) in [6, 6.07) is 9.85. The Labute approximate surface area is 135 Å². The van der Waals surface area contributed by atoms with Gasteiger partial charge in [0.2, 0.25) is 5.91 Å². The molecule has 0 atom stereocenters. The number of halogens is 3. The Kier molecular flexibility index (Phi) is 5.20. The molecule has 2 rings (SSSR count).